The Bertz CT molecular complexity index is 791. The minimum absolute atomic E-state index is 0.438. The molecule has 0 unspecified atom stereocenters. The van der Waals surface area contributed by atoms with Gasteiger partial charge in [0.25, 0.3) is 0 Å². The zero-order valence-electron chi connectivity index (χ0n) is 10.8. The van der Waals surface area contributed by atoms with E-state index in [0.717, 1.165) is 27.7 Å². The number of hydrogen-bond acceptors (Lipinski definition) is 3. The van der Waals surface area contributed by atoms with E-state index in [-0.39, 0.29) is 0 Å². The fraction of sp³-hybridized carbons (Fsp3) is 0.0667. The zero-order valence-corrected chi connectivity index (χ0v) is 10.8. The quantitative estimate of drug-likeness (QED) is 0.674. The molecule has 3 rings (SSSR count). The maximum Gasteiger partial charge on any atom is 0.248 e. The van der Waals surface area contributed by atoms with Gasteiger partial charge < -0.3 is 16.5 Å². The van der Waals surface area contributed by atoms with Gasteiger partial charge in [0.1, 0.15) is 5.65 Å². The van der Waals surface area contributed by atoms with Gasteiger partial charge in [0.2, 0.25) is 5.91 Å². The van der Waals surface area contributed by atoms with Crippen LogP contribution >= 0.6 is 0 Å². The van der Waals surface area contributed by atoms with Gasteiger partial charge in [-0.2, -0.15) is 0 Å². The van der Waals surface area contributed by atoms with Crippen LogP contribution in [0.25, 0.3) is 22.2 Å². The van der Waals surface area contributed by atoms with Crippen LogP contribution in [0.4, 0.5) is 0 Å². The van der Waals surface area contributed by atoms with E-state index in [1.54, 1.807) is 18.3 Å². The van der Waals surface area contributed by atoms with Crippen molar-refractivity contribution in [2.75, 3.05) is 0 Å². The number of aromatic nitrogens is 2. The van der Waals surface area contributed by atoms with Crippen LogP contribution in [0.1, 0.15) is 15.9 Å². The highest BCUT2D eigenvalue weighted by Gasteiger charge is 2.09. The number of nitrogens with two attached hydrogens (primary N) is 2. The molecule has 0 aliphatic carbocycles. The topological polar surface area (TPSA) is 97.8 Å². The first kappa shape index (κ1) is 12.4. The number of primary amides is 1. The first-order chi connectivity index (χ1) is 9.69. The van der Waals surface area contributed by atoms with Crippen molar-refractivity contribution in [3.63, 3.8) is 0 Å². The lowest BCUT2D eigenvalue weighted by atomic mass is 10.0. The Morgan fingerprint density at radius 2 is 2.15 bits per heavy atom. The number of rotatable bonds is 3. The number of amides is 1. The summed E-state index contributed by atoms with van der Waals surface area (Å²) in [5, 5.41) is 0.981. The number of nitrogens with zero attached hydrogens (tertiary/aromatic N) is 1. The summed E-state index contributed by atoms with van der Waals surface area (Å²) in [5.74, 6) is -0.438. The molecule has 100 valence electrons. The van der Waals surface area contributed by atoms with Crippen molar-refractivity contribution in [1.29, 1.82) is 0 Å². The van der Waals surface area contributed by atoms with E-state index in [4.69, 9.17) is 11.5 Å². The highest BCUT2D eigenvalue weighted by Crippen LogP contribution is 2.28. The van der Waals surface area contributed by atoms with Crippen LogP contribution in [0, 0.1) is 0 Å². The lowest BCUT2D eigenvalue weighted by molar-refractivity contribution is 0.100. The molecule has 0 aliphatic rings. The van der Waals surface area contributed by atoms with Crippen LogP contribution in [-0.4, -0.2) is 15.9 Å². The number of hydrogen-bond donors (Lipinski definition) is 3. The predicted molar refractivity (Wildman–Crippen MR) is 77.9 cm³/mol. The molecular weight excluding hydrogens is 252 g/mol. The molecule has 0 fully saturated rings. The number of benzene rings is 1. The van der Waals surface area contributed by atoms with E-state index >= 15 is 0 Å². The van der Waals surface area contributed by atoms with E-state index < -0.39 is 5.91 Å². The number of carbonyl (C=O) groups is 1. The second-order valence-corrected chi connectivity index (χ2v) is 4.59. The van der Waals surface area contributed by atoms with Gasteiger partial charge in [-0.05, 0) is 29.3 Å². The highest BCUT2D eigenvalue weighted by atomic mass is 16.1. The van der Waals surface area contributed by atoms with E-state index in [0.29, 0.717) is 12.1 Å². The number of carbonyl (C=O) groups excluding carboxylic acids is 1. The Labute approximate surface area is 115 Å². The Kier molecular flexibility index (Phi) is 2.96. The Balaban J connectivity index is 2.18. The van der Waals surface area contributed by atoms with Crippen molar-refractivity contribution >= 4 is 16.9 Å². The normalized spacial score (nSPS) is 10.8. The van der Waals surface area contributed by atoms with Crippen molar-refractivity contribution in [3.8, 4) is 11.1 Å². The van der Waals surface area contributed by atoms with Crippen LogP contribution < -0.4 is 11.5 Å². The first-order valence-corrected chi connectivity index (χ1v) is 6.25. The maximum atomic E-state index is 11.3. The third-order valence-electron chi connectivity index (χ3n) is 3.28. The van der Waals surface area contributed by atoms with Gasteiger partial charge in [0.15, 0.2) is 0 Å². The zero-order chi connectivity index (χ0) is 14.1. The number of nitrogens with one attached hydrogen (secondary N) is 1. The highest BCUT2D eigenvalue weighted by molar-refractivity contribution is 5.97. The van der Waals surface area contributed by atoms with E-state index in [2.05, 4.69) is 9.97 Å². The molecule has 1 aromatic carbocycles. The second kappa shape index (κ2) is 4.79. The number of aromatic amines is 1. The third-order valence-corrected chi connectivity index (χ3v) is 3.28. The SMILES string of the molecule is NCc1cnc2[nH]cc(-c3cccc(C(N)=O)c3)c2c1. The smallest absolute Gasteiger partial charge is 0.248 e. The molecule has 0 aliphatic heterocycles. The van der Waals surface area contributed by atoms with Crippen LogP contribution in [0.3, 0.4) is 0 Å². The maximum absolute atomic E-state index is 11.3. The molecule has 0 bridgehead atoms. The summed E-state index contributed by atoms with van der Waals surface area (Å²) in [6, 6.07) is 9.23. The van der Waals surface area contributed by atoms with Crippen LogP contribution in [0.2, 0.25) is 0 Å². The molecule has 0 saturated carbocycles. The van der Waals surface area contributed by atoms with Crippen molar-refractivity contribution in [3.05, 3.63) is 53.9 Å². The van der Waals surface area contributed by atoms with E-state index in [1.165, 1.54) is 0 Å². The Hall–Kier alpha value is -2.66. The van der Waals surface area contributed by atoms with Gasteiger partial charge in [0, 0.05) is 35.5 Å². The van der Waals surface area contributed by atoms with Crippen LogP contribution in [0.5, 0.6) is 0 Å². The molecule has 0 atom stereocenters. The summed E-state index contributed by atoms with van der Waals surface area (Å²) < 4.78 is 0. The van der Waals surface area contributed by atoms with Crippen LogP contribution in [0.15, 0.2) is 42.7 Å². The van der Waals surface area contributed by atoms with Crippen molar-refractivity contribution in [2.24, 2.45) is 11.5 Å². The van der Waals surface area contributed by atoms with Gasteiger partial charge in [0.05, 0.1) is 0 Å². The first-order valence-electron chi connectivity index (χ1n) is 6.25. The van der Waals surface area contributed by atoms with Crippen molar-refractivity contribution in [2.45, 2.75) is 6.54 Å². The molecule has 5 heteroatoms. The minimum Gasteiger partial charge on any atom is -0.366 e. The number of pyridine rings is 1. The van der Waals surface area contributed by atoms with Gasteiger partial charge in [-0.25, -0.2) is 4.98 Å². The molecule has 0 saturated heterocycles. The average molecular weight is 266 g/mol. The standard InChI is InChI=1S/C15H14N4O/c16-6-9-4-12-13(8-19-15(12)18-7-9)10-2-1-3-11(5-10)14(17)20/h1-5,7-8H,6,16H2,(H2,17,20)(H,18,19). The van der Waals surface area contributed by atoms with Crippen molar-refractivity contribution in [1.82, 2.24) is 9.97 Å². The van der Waals surface area contributed by atoms with Gasteiger partial charge in [-0.1, -0.05) is 12.1 Å². The monoisotopic (exact) mass is 266 g/mol. The number of H-pyrrole nitrogens is 1. The van der Waals surface area contributed by atoms with Crippen LogP contribution in [-0.2, 0) is 6.54 Å². The summed E-state index contributed by atoms with van der Waals surface area (Å²) >= 11 is 0. The largest absolute Gasteiger partial charge is 0.366 e. The summed E-state index contributed by atoms with van der Waals surface area (Å²) in [6.45, 7) is 0.439. The molecule has 20 heavy (non-hydrogen) atoms. The number of fused-ring (bicyclic) bond motifs is 1. The lowest BCUT2D eigenvalue weighted by Gasteiger charge is -2.03. The fourth-order valence-electron chi connectivity index (χ4n) is 2.24. The van der Waals surface area contributed by atoms with Gasteiger partial charge in [-0.3, -0.25) is 4.79 Å². The fourth-order valence-corrected chi connectivity index (χ4v) is 2.24. The lowest BCUT2D eigenvalue weighted by Crippen LogP contribution is -2.10. The molecule has 2 aromatic heterocycles. The molecule has 5 nitrogen and oxygen atoms in total. The average Bonchev–Trinajstić information content (AvgIpc) is 2.90. The summed E-state index contributed by atoms with van der Waals surface area (Å²) in [7, 11) is 0. The summed E-state index contributed by atoms with van der Waals surface area (Å²) in [4.78, 5) is 18.7. The summed E-state index contributed by atoms with van der Waals surface area (Å²) in [5.41, 5.74) is 15.1. The minimum atomic E-state index is -0.438. The third kappa shape index (κ3) is 2.04. The predicted octanol–water partition coefficient (Wildman–Crippen LogP) is 1.79. The Morgan fingerprint density at radius 3 is 2.90 bits per heavy atom. The van der Waals surface area contributed by atoms with E-state index in [1.807, 2.05) is 24.4 Å². The van der Waals surface area contributed by atoms with Gasteiger partial charge in [-0.15, -0.1) is 0 Å². The molecule has 2 heterocycles. The second-order valence-electron chi connectivity index (χ2n) is 4.59. The molecule has 0 spiro atoms. The molecular formula is C15H14N4O. The van der Waals surface area contributed by atoms with Gasteiger partial charge >= 0.3 is 0 Å². The molecule has 1 amide bonds. The van der Waals surface area contributed by atoms with E-state index in [9.17, 15) is 4.79 Å². The molecule has 0 radical (unpaired) electrons. The summed E-state index contributed by atoms with van der Waals surface area (Å²) in [6.07, 6.45) is 3.63. The van der Waals surface area contributed by atoms with Crippen molar-refractivity contribution < 1.29 is 4.79 Å². The molecule has 3 aromatic rings. The Morgan fingerprint density at radius 1 is 1.30 bits per heavy atom. The molecule has 5 N–H and O–H groups in total.